The van der Waals surface area contributed by atoms with Gasteiger partial charge in [-0.05, 0) is 48.4 Å². The lowest BCUT2D eigenvalue weighted by Gasteiger charge is -2.31. The minimum absolute atomic E-state index is 0.127. The summed E-state index contributed by atoms with van der Waals surface area (Å²) < 4.78 is 6.59. The number of phenols is 1. The molecule has 2 N–H and O–H groups in total. The van der Waals surface area contributed by atoms with E-state index >= 15 is 0 Å². The van der Waals surface area contributed by atoms with E-state index in [0.717, 1.165) is 26.9 Å². The molecule has 3 aromatic carbocycles. The first-order valence-corrected chi connectivity index (χ1v) is 11.0. The molecule has 2 unspecified atom stereocenters. The van der Waals surface area contributed by atoms with Gasteiger partial charge in [0.2, 0.25) is 0 Å². The second kappa shape index (κ2) is 9.21. The van der Waals surface area contributed by atoms with Crippen LogP contribution in [0.4, 0.5) is 0 Å². The summed E-state index contributed by atoms with van der Waals surface area (Å²) in [7, 11) is 0. The number of nitrogens with one attached hydrogen (secondary N) is 1. The van der Waals surface area contributed by atoms with Crippen molar-refractivity contribution in [1.29, 1.82) is 0 Å². The van der Waals surface area contributed by atoms with Crippen molar-refractivity contribution in [2.45, 2.75) is 25.6 Å². The smallest absolute Gasteiger partial charge is 0.162 e. The lowest BCUT2D eigenvalue weighted by Crippen LogP contribution is -2.33. The van der Waals surface area contributed by atoms with Crippen LogP contribution in [0.25, 0.3) is 0 Å². The monoisotopic (exact) mass is 484 g/mol. The molecule has 6 heteroatoms. The molecular formula is C24H22BrClN2O2. The number of hydrogen-bond donors (Lipinski definition) is 2. The van der Waals surface area contributed by atoms with E-state index in [1.807, 2.05) is 55.5 Å². The highest BCUT2D eigenvalue weighted by Gasteiger charge is 2.28. The third-order valence-electron chi connectivity index (χ3n) is 5.09. The molecule has 154 valence electrons. The van der Waals surface area contributed by atoms with Crippen molar-refractivity contribution < 1.29 is 9.84 Å². The molecule has 1 aliphatic heterocycles. The second-order valence-electron chi connectivity index (χ2n) is 7.09. The van der Waals surface area contributed by atoms with Gasteiger partial charge in [-0.2, -0.15) is 0 Å². The van der Waals surface area contributed by atoms with Gasteiger partial charge in [0.1, 0.15) is 6.17 Å². The lowest BCUT2D eigenvalue weighted by molar-refractivity contribution is 0.313. The fourth-order valence-corrected chi connectivity index (χ4v) is 4.18. The first-order valence-electron chi connectivity index (χ1n) is 9.84. The maximum atomic E-state index is 10.8. The number of hydrogen-bond acceptors (Lipinski definition) is 4. The zero-order chi connectivity index (χ0) is 21.1. The SMILES string of the molecule is CCOc1cccc(C2CC(c3cccc(Br)c3)=NC(c3ccc(Cl)cc3)N2)c1O. The van der Waals surface area contributed by atoms with Crippen molar-refractivity contribution in [1.82, 2.24) is 5.32 Å². The van der Waals surface area contributed by atoms with E-state index < -0.39 is 0 Å². The highest BCUT2D eigenvalue weighted by Crippen LogP contribution is 2.39. The third-order valence-corrected chi connectivity index (χ3v) is 5.84. The molecule has 0 aliphatic carbocycles. The van der Waals surface area contributed by atoms with Crippen LogP contribution in [-0.2, 0) is 0 Å². The van der Waals surface area contributed by atoms with Crippen LogP contribution in [0, 0.1) is 0 Å². The molecule has 4 rings (SSSR count). The van der Waals surface area contributed by atoms with Crippen LogP contribution in [0.1, 0.15) is 42.2 Å². The van der Waals surface area contributed by atoms with Gasteiger partial charge >= 0.3 is 0 Å². The maximum Gasteiger partial charge on any atom is 0.162 e. The average Bonchev–Trinajstić information content (AvgIpc) is 2.75. The molecule has 0 bridgehead atoms. The van der Waals surface area contributed by atoms with Gasteiger partial charge in [0.15, 0.2) is 11.5 Å². The molecule has 30 heavy (non-hydrogen) atoms. The lowest BCUT2D eigenvalue weighted by atomic mass is 9.93. The third kappa shape index (κ3) is 4.53. The number of benzene rings is 3. The van der Waals surface area contributed by atoms with Gasteiger partial charge in [-0.15, -0.1) is 0 Å². The van der Waals surface area contributed by atoms with Crippen LogP contribution >= 0.6 is 27.5 Å². The Bertz CT molecular complexity index is 1070. The van der Waals surface area contributed by atoms with Crippen LogP contribution in [0.15, 0.2) is 76.2 Å². The van der Waals surface area contributed by atoms with Gasteiger partial charge < -0.3 is 9.84 Å². The topological polar surface area (TPSA) is 53.8 Å². The van der Waals surface area contributed by atoms with Gasteiger partial charge in [0.25, 0.3) is 0 Å². The van der Waals surface area contributed by atoms with E-state index in [1.165, 1.54) is 0 Å². The van der Waals surface area contributed by atoms with Gasteiger partial charge in [0, 0.05) is 33.2 Å². The summed E-state index contributed by atoms with van der Waals surface area (Å²) in [5.74, 6) is 0.661. The summed E-state index contributed by atoms with van der Waals surface area (Å²) >= 11 is 9.63. The Morgan fingerprint density at radius 3 is 2.63 bits per heavy atom. The van der Waals surface area contributed by atoms with Crippen molar-refractivity contribution in [2.75, 3.05) is 6.61 Å². The Balaban J connectivity index is 1.75. The van der Waals surface area contributed by atoms with E-state index in [0.29, 0.717) is 23.8 Å². The van der Waals surface area contributed by atoms with Crippen molar-refractivity contribution in [3.63, 3.8) is 0 Å². The molecule has 3 aromatic rings. The number of para-hydroxylation sites is 1. The van der Waals surface area contributed by atoms with Crippen LogP contribution in [0.2, 0.25) is 5.02 Å². The van der Waals surface area contributed by atoms with Gasteiger partial charge in [0.05, 0.1) is 6.61 Å². The molecular weight excluding hydrogens is 464 g/mol. The van der Waals surface area contributed by atoms with Crippen LogP contribution < -0.4 is 10.1 Å². The van der Waals surface area contributed by atoms with Crippen molar-refractivity contribution >= 4 is 33.2 Å². The van der Waals surface area contributed by atoms with E-state index in [4.69, 9.17) is 21.3 Å². The number of aliphatic imine (C=N–C) groups is 1. The normalized spacial score (nSPS) is 18.7. The van der Waals surface area contributed by atoms with Crippen molar-refractivity contribution in [3.05, 3.63) is 92.9 Å². The summed E-state index contributed by atoms with van der Waals surface area (Å²) in [5, 5.41) is 15.1. The Morgan fingerprint density at radius 2 is 1.90 bits per heavy atom. The fraction of sp³-hybridized carbons (Fsp3) is 0.208. The molecule has 0 saturated heterocycles. The molecule has 0 radical (unpaired) electrons. The zero-order valence-electron chi connectivity index (χ0n) is 16.5. The minimum atomic E-state index is -0.259. The number of nitrogens with zero attached hydrogens (tertiary/aromatic N) is 1. The summed E-state index contributed by atoms with van der Waals surface area (Å²) in [4.78, 5) is 4.99. The molecule has 0 spiro atoms. The summed E-state index contributed by atoms with van der Waals surface area (Å²) in [5.41, 5.74) is 3.83. The van der Waals surface area contributed by atoms with Crippen molar-refractivity contribution in [2.24, 2.45) is 4.99 Å². The first-order chi connectivity index (χ1) is 14.5. The first kappa shape index (κ1) is 20.9. The summed E-state index contributed by atoms with van der Waals surface area (Å²) in [6.07, 6.45) is 0.383. The average molecular weight is 486 g/mol. The Morgan fingerprint density at radius 1 is 1.13 bits per heavy atom. The minimum Gasteiger partial charge on any atom is -0.504 e. The van der Waals surface area contributed by atoms with Crippen LogP contribution in [-0.4, -0.2) is 17.4 Å². The van der Waals surface area contributed by atoms with Crippen LogP contribution in [0.5, 0.6) is 11.5 Å². The van der Waals surface area contributed by atoms with E-state index in [9.17, 15) is 5.11 Å². The largest absolute Gasteiger partial charge is 0.504 e. The number of phenolic OH excluding ortho intramolecular Hbond substituents is 1. The predicted molar refractivity (Wildman–Crippen MR) is 125 cm³/mol. The van der Waals surface area contributed by atoms with Gasteiger partial charge in [-0.1, -0.05) is 63.9 Å². The summed E-state index contributed by atoms with van der Waals surface area (Å²) in [6, 6.07) is 21.3. The Labute approximate surface area is 189 Å². The number of aromatic hydroxyl groups is 1. The van der Waals surface area contributed by atoms with E-state index in [2.05, 4.69) is 33.4 Å². The molecule has 2 atom stereocenters. The highest BCUT2D eigenvalue weighted by atomic mass is 79.9. The number of halogens is 2. The highest BCUT2D eigenvalue weighted by molar-refractivity contribution is 9.10. The Hall–Kier alpha value is -2.34. The molecule has 0 saturated carbocycles. The zero-order valence-corrected chi connectivity index (χ0v) is 18.8. The van der Waals surface area contributed by atoms with Crippen LogP contribution in [0.3, 0.4) is 0 Å². The molecule has 0 aromatic heterocycles. The van der Waals surface area contributed by atoms with Gasteiger partial charge in [-0.3, -0.25) is 10.3 Å². The second-order valence-corrected chi connectivity index (χ2v) is 8.44. The standard InChI is InChI=1S/C24H22BrClN2O2/c1-2-30-22-8-4-7-19(23(22)29)21-14-20(16-5-3-6-17(25)13-16)27-24(28-21)15-9-11-18(26)12-10-15/h3-13,21,24,28-29H,2,14H2,1H3. The maximum absolute atomic E-state index is 10.8. The van der Waals surface area contributed by atoms with Gasteiger partial charge in [-0.25, -0.2) is 0 Å². The fourth-order valence-electron chi connectivity index (χ4n) is 3.66. The summed E-state index contributed by atoms with van der Waals surface area (Å²) in [6.45, 7) is 2.40. The molecule has 1 heterocycles. The molecule has 0 fully saturated rings. The van der Waals surface area contributed by atoms with E-state index in [1.54, 1.807) is 6.07 Å². The number of rotatable bonds is 5. The van der Waals surface area contributed by atoms with Crippen molar-refractivity contribution in [3.8, 4) is 11.5 Å². The molecule has 4 nitrogen and oxygen atoms in total. The Kier molecular flexibility index (Phi) is 6.42. The quantitative estimate of drug-likeness (QED) is 0.438. The predicted octanol–water partition coefficient (Wildman–Crippen LogP) is 6.43. The molecule has 1 aliphatic rings. The number of ether oxygens (including phenoxy) is 1. The molecule has 0 amide bonds. The van der Waals surface area contributed by atoms with E-state index in [-0.39, 0.29) is 18.0 Å².